The molecule has 0 atom stereocenters. The van der Waals surface area contributed by atoms with Crippen molar-refractivity contribution in [3.8, 4) is 11.1 Å². The van der Waals surface area contributed by atoms with E-state index in [-0.39, 0.29) is 18.0 Å². The van der Waals surface area contributed by atoms with Crippen LogP contribution in [0.25, 0.3) is 11.1 Å². The third-order valence-electron chi connectivity index (χ3n) is 8.84. The van der Waals surface area contributed by atoms with Crippen molar-refractivity contribution < 1.29 is 9.53 Å². The first kappa shape index (κ1) is 29.1. The molecule has 0 unspecified atom stereocenters. The number of pyridine rings is 1. The van der Waals surface area contributed by atoms with E-state index in [0.717, 1.165) is 66.5 Å². The fourth-order valence-corrected chi connectivity index (χ4v) is 6.32. The van der Waals surface area contributed by atoms with Gasteiger partial charge in [-0.2, -0.15) is 0 Å². The maximum absolute atomic E-state index is 13.7. The van der Waals surface area contributed by atoms with Crippen LogP contribution in [0, 0.1) is 20.8 Å². The number of nitrogens with one attached hydrogen (secondary N) is 2. The Bertz CT molecular complexity index is 1420. The monoisotopic (exact) mass is 556 g/mol. The molecule has 2 aliphatic rings. The van der Waals surface area contributed by atoms with Crippen LogP contribution in [0.5, 0.6) is 0 Å². The highest BCUT2D eigenvalue weighted by molar-refractivity contribution is 5.99. The second kappa shape index (κ2) is 13.0. The summed E-state index contributed by atoms with van der Waals surface area (Å²) < 4.78 is 5.49. The van der Waals surface area contributed by atoms with E-state index in [1.807, 2.05) is 32.9 Å². The first-order valence-electron chi connectivity index (χ1n) is 15.0. The van der Waals surface area contributed by atoms with Gasteiger partial charge in [0.25, 0.3) is 11.5 Å². The molecule has 7 nitrogen and oxygen atoms in total. The van der Waals surface area contributed by atoms with Gasteiger partial charge < -0.3 is 19.9 Å². The minimum absolute atomic E-state index is 0.150. The second-order valence-electron chi connectivity index (χ2n) is 11.8. The molecule has 2 aromatic carbocycles. The molecule has 2 heterocycles. The molecule has 0 spiro atoms. The molecule has 1 aliphatic heterocycles. The number of aromatic amines is 1. The third kappa shape index (κ3) is 6.91. The van der Waals surface area contributed by atoms with Gasteiger partial charge in [0.1, 0.15) is 0 Å². The van der Waals surface area contributed by atoms with Crippen molar-refractivity contribution in [2.45, 2.75) is 72.0 Å². The predicted octanol–water partition coefficient (Wildman–Crippen LogP) is 5.50. The molecule has 1 amide bonds. The first-order chi connectivity index (χ1) is 19.8. The van der Waals surface area contributed by atoms with Gasteiger partial charge in [-0.05, 0) is 79.6 Å². The van der Waals surface area contributed by atoms with Gasteiger partial charge in [-0.25, -0.2) is 0 Å². The van der Waals surface area contributed by atoms with Crippen molar-refractivity contribution in [1.82, 2.24) is 15.2 Å². The molecular formula is C34H44N4O3. The normalized spacial score (nSPS) is 16.5. The van der Waals surface area contributed by atoms with E-state index in [4.69, 9.17) is 4.74 Å². The molecular weight excluding hydrogens is 512 g/mol. The maximum Gasteiger partial charge on any atom is 0.253 e. The van der Waals surface area contributed by atoms with E-state index in [1.54, 1.807) is 0 Å². The number of carbonyl (C=O) groups excluding carboxylic acids is 1. The molecule has 2 N–H and O–H groups in total. The van der Waals surface area contributed by atoms with E-state index in [2.05, 4.69) is 57.5 Å². The van der Waals surface area contributed by atoms with Crippen LogP contribution < -0.4 is 15.8 Å². The second-order valence-corrected chi connectivity index (χ2v) is 11.8. The summed E-state index contributed by atoms with van der Waals surface area (Å²) in [5.74, 6) is -0.161. The number of carbonyl (C=O) groups is 1. The van der Waals surface area contributed by atoms with Gasteiger partial charge in [0.2, 0.25) is 0 Å². The molecule has 218 valence electrons. The van der Waals surface area contributed by atoms with Crippen molar-refractivity contribution in [2.24, 2.45) is 0 Å². The number of nitrogens with zero attached hydrogens (tertiary/aromatic N) is 2. The van der Waals surface area contributed by atoms with Gasteiger partial charge in [-0.15, -0.1) is 0 Å². The highest BCUT2D eigenvalue weighted by atomic mass is 16.5. The fraction of sp³-hybridized carbons (Fsp3) is 0.471. The molecule has 5 rings (SSSR count). The highest BCUT2D eigenvalue weighted by Crippen LogP contribution is 2.34. The summed E-state index contributed by atoms with van der Waals surface area (Å²) in [6, 6.07) is 15.4. The van der Waals surface area contributed by atoms with Crippen LogP contribution in [0.1, 0.15) is 70.4 Å². The van der Waals surface area contributed by atoms with E-state index >= 15 is 0 Å². The molecule has 1 saturated carbocycles. The fourth-order valence-electron chi connectivity index (χ4n) is 6.32. The lowest BCUT2D eigenvalue weighted by Crippen LogP contribution is -2.35. The predicted molar refractivity (Wildman–Crippen MR) is 166 cm³/mol. The number of morpholine rings is 1. The zero-order chi connectivity index (χ0) is 28.9. The molecule has 3 aromatic rings. The van der Waals surface area contributed by atoms with Crippen LogP contribution in [0.15, 0.2) is 47.3 Å². The third-order valence-corrected chi connectivity index (χ3v) is 8.84. The smallest absolute Gasteiger partial charge is 0.253 e. The Labute approximate surface area is 243 Å². The number of aryl methyl sites for hydroxylation is 2. The summed E-state index contributed by atoms with van der Waals surface area (Å²) >= 11 is 0. The largest absolute Gasteiger partial charge is 0.379 e. The number of rotatable bonds is 8. The number of amides is 1. The molecule has 7 heteroatoms. The lowest BCUT2D eigenvalue weighted by molar-refractivity contribution is 0.0342. The van der Waals surface area contributed by atoms with Crippen LogP contribution in [-0.2, 0) is 17.8 Å². The summed E-state index contributed by atoms with van der Waals surface area (Å²) in [4.78, 5) is 33.9. The Balaban J connectivity index is 1.44. The molecule has 0 radical (unpaired) electrons. The molecule has 2 fully saturated rings. The summed E-state index contributed by atoms with van der Waals surface area (Å²) in [6.07, 6.45) is 6.14. The van der Waals surface area contributed by atoms with Gasteiger partial charge in [-0.3, -0.25) is 14.5 Å². The van der Waals surface area contributed by atoms with Gasteiger partial charge in [-0.1, -0.05) is 43.5 Å². The maximum atomic E-state index is 13.7. The van der Waals surface area contributed by atoms with Crippen LogP contribution in [0.2, 0.25) is 0 Å². The summed E-state index contributed by atoms with van der Waals surface area (Å²) in [5.41, 5.74) is 8.26. The quantitative estimate of drug-likeness (QED) is 0.383. The van der Waals surface area contributed by atoms with Crippen molar-refractivity contribution in [3.05, 3.63) is 86.3 Å². The van der Waals surface area contributed by atoms with Crippen LogP contribution in [0.3, 0.4) is 0 Å². The van der Waals surface area contributed by atoms with Crippen molar-refractivity contribution in [2.75, 3.05) is 38.3 Å². The van der Waals surface area contributed by atoms with Crippen LogP contribution >= 0.6 is 0 Å². The number of benzene rings is 2. The Morgan fingerprint density at radius 1 is 1.00 bits per heavy atom. The standard InChI is InChI=1S/C34H44N4O3/c1-23-18-24(2)36-34(40)31(23)21-35-33(39)30-19-28(20-32(25(30)3)37(4)29-8-6-5-7-9-29)27-12-10-26(11-13-27)22-38-14-16-41-17-15-38/h10-13,18-20,29H,5-9,14-17,21-22H2,1-4H3,(H,35,39)(H,36,40). The lowest BCUT2D eigenvalue weighted by atomic mass is 9.92. The van der Waals surface area contributed by atoms with Gasteiger partial charge in [0.05, 0.1) is 13.2 Å². The average Bonchev–Trinajstić information content (AvgIpc) is 2.97. The van der Waals surface area contributed by atoms with Crippen molar-refractivity contribution in [1.29, 1.82) is 0 Å². The number of H-pyrrole nitrogens is 1. The van der Waals surface area contributed by atoms with Crippen molar-refractivity contribution >= 4 is 11.6 Å². The lowest BCUT2D eigenvalue weighted by Gasteiger charge is -2.34. The van der Waals surface area contributed by atoms with Gasteiger partial charge in [0, 0.05) is 61.8 Å². The molecule has 0 bridgehead atoms. The minimum Gasteiger partial charge on any atom is -0.379 e. The Kier molecular flexibility index (Phi) is 9.25. The zero-order valence-electron chi connectivity index (χ0n) is 25.0. The summed E-state index contributed by atoms with van der Waals surface area (Å²) in [6.45, 7) is 10.4. The van der Waals surface area contributed by atoms with E-state index in [9.17, 15) is 9.59 Å². The Morgan fingerprint density at radius 2 is 1.71 bits per heavy atom. The number of aromatic nitrogens is 1. The molecule has 1 saturated heterocycles. The summed E-state index contributed by atoms with van der Waals surface area (Å²) in [5, 5.41) is 3.04. The minimum atomic E-state index is -0.161. The van der Waals surface area contributed by atoms with E-state index < -0.39 is 0 Å². The number of ether oxygens (including phenoxy) is 1. The molecule has 1 aliphatic carbocycles. The van der Waals surface area contributed by atoms with Crippen LogP contribution in [0.4, 0.5) is 5.69 Å². The average molecular weight is 557 g/mol. The number of hydrogen-bond acceptors (Lipinski definition) is 5. The SMILES string of the molecule is Cc1cc(C)c(CNC(=O)c2cc(-c3ccc(CN4CCOCC4)cc3)cc(N(C)C3CCCCC3)c2C)c(=O)[nH]1. The number of hydrogen-bond donors (Lipinski definition) is 2. The topological polar surface area (TPSA) is 77.7 Å². The van der Waals surface area contributed by atoms with Crippen molar-refractivity contribution in [3.63, 3.8) is 0 Å². The van der Waals surface area contributed by atoms with E-state index in [0.29, 0.717) is 17.2 Å². The zero-order valence-corrected chi connectivity index (χ0v) is 25.0. The molecule has 41 heavy (non-hydrogen) atoms. The highest BCUT2D eigenvalue weighted by Gasteiger charge is 2.23. The van der Waals surface area contributed by atoms with E-state index in [1.165, 1.54) is 37.7 Å². The Hall–Kier alpha value is -3.42. The number of anilines is 1. The van der Waals surface area contributed by atoms with Gasteiger partial charge >= 0.3 is 0 Å². The Morgan fingerprint density at radius 3 is 2.39 bits per heavy atom. The van der Waals surface area contributed by atoms with Gasteiger partial charge in [0.15, 0.2) is 0 Å². The first-order valence-corrected chi connectivity index (χ1v) is 15.0. The molecule has 1 aromatic heterocycles. The summed E-state index contributed by atoms with van der Waals surface area (Å²) in [7, 11) is 2.17. The van der Waals surface area contributed by atoms with Crippen LogP contribution in [-0.4, -0.2) is 55.2 Å².